The molecule has 0 unspecified atom stereocenters. The third kappa shape index (κ3) is 5.12. The molecule has 0 radical (unpaired) electrons. The number of hydrogen-bond acceptors (Lipinski definition) is 4. The second-order valence-electron chi connectivity index (χ2n) is 9.53. The van der Waals surface area contributed by atoms with E-state index in [-0.39, 0.29) is 17.7 Å². The molecule has 1 N–H and O–H groups in total. The number of likely N-dealkylation sites (tertiary alicyclic amines) is 1. The number of hydrogen-bond donors (Lipinski definition) is 1. The van der Waals surface area contributed by atoms with Crippen molar-refractivity contribution in [3.05, 3.63) is 53.7 Å². The molecule has 4 rings (SSSR count). The van der Waals surface area contributed by atoms with Crippen LogP contribution in [0, 0.1) is 18.8 Å². The molecule has 0 bridgehead atoms. The summed E-state index contributed by atoms with van der Waals surface area (Å²) in [6.07, 6.45) is 5.67. The Kier molecular flexibility index (Phi) is 6.77. The minimum absolute atomic E-state index is 0.00656. The zero-order valence-electron chi connectivity index (χ0n) is 19.4. The standard InChI is InChI=1S/C26H34N4O2/c1-18(2)26(32)28-22-11-12-24(27-15-22)30-13-5-4-6-21-16-29(17-23(21)30)25(31)14-20-9-7-19(3)8-10-20/h7-12,15,18,21,23H,4-6,13-14,16-17H2,1-3H3,(H,28,32)/t21-,23+/m1/s1. The number of aromatic nitrogens is 1. The van der Waals surface area contributed by atoms with Gasteiger partial charge >= 0.3 is 0 Å². The van der Waals surface area contributed by atoms with E-state index in [1.165, 1.54) is 12.0 Å². The normalized spacial score (nSPS) is 20.8. The fourth-order valence-corrected chi connectivity index (χ4v) is 4.74. The lowest BCUT2D eigenvalue weighted by molar-refractivity contribution is -0.129. The first-order valence-electron chi connectivity index (χ1n) is 11.8. The third-order valence-corrected chi connectivity index (χ3v) is 6.69. The fourth-order valence-electron chi connectivity index (χ4n) is 4.74. The van der Waals surface area contributed by atoms with Crippen LogP contribution in [0.2, 0.25) is 0 Å². The van der Waals surface area contributed by atoms with Crippen molar-refractivity contribution in [2.75, 3.05) is 29.9 Å². The molecule has 2 aromatic rings. The van der Waals surface area contributed by atoms with Crippen LogP contribution in [0.5, 0.6) is 0 Å². The first kappa shape index (κ1) is 22.3. The number of rotatable bonds is 5. The highest BCUT2D eigenvalue weighted by molar-refractivity contribution is 5.91. The number of anilines is 2. The van der Waals surface area contributed by atoms with E-state index in [9.17, 15) is 9.59 Å². The van der Waals surface area contributed by atoms with Crippen molar-refractivity contribution < 1.29 is 9.59 Å². The number of nitrogens with one attached hydrogen (secondary N) is 1. The van der Waals surface area contributed by atoms with Crippen LogP contribution in [0.25, 0.3) is 0 Å². The Morgan fingerprint density at radius 3 is 2.56 bits per heavy atom. The SMILES string of the molecule is Cc1ccc(CC(=O)N2C[C@H]3CCCCN(c4ccc(NC(=O)C(C)C)cn4)[C@H]3C2)cc1. The van der Waals surface area contributed by atoms with Crippen LogP contribution in [-0.4, -0.2) is 47.4 Å². The van der Waals surface area contributed by atoms with Crippen molar-refractivity contribution in [3.8, 4) is 0 Å². The monoisotopic (exact) mass is 434 g/mol. The van der Waals surface area contributed by atoms with Crippen LogP contribution in [0.15, 0.2) is 42.6 Å². The largest absolute Gasteiger partial charge is 0.352 e. The molecule has 2 saturated heterocycles. The van der Waals surface area contributed by atoms with Gasteiger partial charge in [0.05, 0.1) is 24.3 Å². The summed E-state index contributed by atoms with van der Waals surface area (Å²) in [5.41, 5.74) is 3.01. The van der Waals surface area contributed by atoms with Gasteiger partial charge in [-0.05, 0) is 43.4 Å². The van der Waals surface area contributed by atoms with Crippen molar-refractivity contribution in [3.63, 3.8) is 0 Å². The molecule has 6 heteroatoms. The van der Waals surface area contributed by atoms with Gasteiger partial charge in [0.25, 0.3) is 0 Å². The van der Waals surface area contributed by atoms with Crippen molar-refractivity contribution >= 4 is 23.3 Å². The first-order chi connectivity index (χ1) is 15.4. The number of fused-ring (bicyclic) bond motifs is 1. The number of pyridine rings is 1. The lowest BCUT2D eigenvalue weighted by atomic mass is 9.98. The van der Waals surface area contributed by atoms with Crippen molar-refractivity contribution in [1.29, 1.82) is 0 Å². The van der Waals surface area contributed by atoms with E-state index < -0.39 is 0 Å². The minimum atomic E-state index is -0.0667. The Morgan fingerprint density at radius 1 is 1.09 bits per heavy atom. The molecule has 1 aromatic carbocycles. The Bertz CT molecular complexity index is 939. The van der Waals surface area contributed by atoms with Gasteiger partial charge in [0.2, 0.25) is 11.8 Å². The summed E-state index contributed by atoms with van der Waals surface area (Å²) < 4.78 is 0. The number of amides is 2. The maximum atomic E-state index is 13.0. The Balaban J connectivity index is 1.44. The van der Waals surface area contributed by atoms with Crippen molar-refractivity contribution in [2.24, 2.45) is 11.8 Å². The van der Waals surface area contributed by atoms with E-state index in [4.69, 9.17) is 0 Å². The molecule has 0 spiro atoms. The molecular weight excluding hydrogens is 400 g/mol. The average molecular weight is 435 g/mol. The number of carbonyl (C=O) groups excluding carboxylic acids is 2. The number of benzene rings is 1. The molecular formula is C26H34N4O2. The van der Waals surface area contributed by atoms with Crippen molar-refractivity contribution in [2.45, 2.75) is 52.5 Å². The second-order valence-corrected chi connectivity index (χ2v) is 9.53. The van der Waals surface area contributed by atoms with Gasteiger partial charge in [0, 0.05) is 25.6 Å². The maximum absolute atomic E-state index is 13.0. The van der Waals surface area contributed by atoms with E-state index >= 15 is 0 Å². The lowest BCUT2D eigenvalue weighted by Gasteiger charge is -2.31. The first-order valence-corrected chi connectivity index (χ1v) is 11.8. The van der Waals surface area contributed by atoms with E-state index in [0.29, 0.717) is 18.4 Å². The summed E-state index contributed by atoms with van der Waals surface area (Å²) in [6, 6.07) is 12.5. The van der Waals surface area contributed by atoms with E-state index in [2.05, 4.69) is 46.4 Å². The predicted octanol–water partition coefficient (Wildman–Crippen LogP) is 4.04. The fraction of sp³-hybridized carbons (Fsp3) is 0.500. The zero-order valence-corrected chi connectivity index (χ0v) is 19.4. The van der Waals surface area contributed by atoms with Gasteiger partial charge in [-0.3, -0.25) is 9.59 Å². The van der Waals surface area contributed by atoms with Crippen LogP contribution in [-0.2, 0) is 16.0 Å². The molecule has 2 atom stereocenters. The zero-order chi connectivity index (χ0) is 22.7. The summed E-state index contributed by atoms with van der Waals surface area (Å²) in [7, 11) is 0. The van der Waals surface area contributed by atoms with Crippen LogP contribution in [0.4, 0.5) is 11.5 Å². The molecule has 32 heavy (non-hydrogen) atoms. The highest BCUT2D eigenvalue weighted by Gasteiger charge is 2.39. The molecule has 0 aliphatic carbocycles. The summed E-state index contributed by atoms with van der Waals surface area (Å²) in [4.78, 5) is 34.1. The molecule has 0 saturated carbocycles. The van der Waals surface area contributed by atoms with E-state index in [1.807, 2.05) is 30.9 Å². The topological polar surface area (TPSA) is 65.5 Å². The summed E-state index contributed by atoms with van der Waals surface area (Å²) in [5, 5.41) is 2.91. The number of carbonyl (C=O) groups is 2. The highest BCUT2D eigenvalue weighted by atomic mass is 16.2. The quantitative estimate of drug-likeness (QED) is 0.771. The lowest BCUT2D eigenvalue weighted by Crippen LogP contribution is -2.41. The summed E-state index contributed by atoms with van der Waals surface area (Å²) in [6.45, 7) is 8.34. The van der Waals surface area contributed by atoms with Gasteiger partial charge in [0.1, 0.15) is 5.82 Å². The van der Waals surface area contributed by atoms with Gasteiger partial charge in [-0.1, -0.05) is 50.1 Å². The molecule has 2 fully saturated rings. The van der Waals surface area contributed by atoms with Crippen LogP contribution >= 0.6 is 0 Å². The molecule has 2 aliphatic heterocycles. The second kappa shape index (κ2) is 9.72. The van der Waals surface area contributed by atoms with E-state index in [1.54, 1.807) is 6.20 Å². The molecule has 3 heterocycles. The molecule has 170 valence electrons. The smallest absolute Gasteiger partial charge is 0.227 e. The number of nitrogens with zero attached hydrogens (tertiary/aromatic N) is 3. The third-order valence-electron chi connectivity index (χ3n) is 6.69. The van der Waals surface area contributed by atoms with Crippen molar-refractivity contribution in [1.82, 2.24) is 9.88 Å². The van der Waals surface area contributed by atoms with Crippen LogP contribution in [0.1, 0.15) is 44.2 Å². The van der Waals surface area contributed by atoms with Gasteiger partial charge < -0.3 is 15.1 Å². The Morgan fingerprint density at radius 2 is 1.88 bits per heavy atom. The maximum Gasteiger partial charge on any atom is 0.227 e. The van der Waals surface area contributed by atoms with Gasteiger partial charge in [-0.2, -0.15) is 0 Å². The molecule has 1 aromatic heterocycles. The van der Waals surface area contributed by atoms with E-state index in [0.717, 1.165) is 49.5 Å². The molecule has 2 amide bonds. The molecule has 6 nitrogen and oxygen atoms in total. The number of aryl methyl sites for hydroxylation is 1. The highest BCUT2D eigenvalue weighted by Crippen LogP contribution is 2.33. The molecule has 2 aliphatic rings. The summed E-state index contributed by atoms with van der Waals surface area (Å²) >= 11 is 0. The Hall–Kier alpha value is -2.89. The summed E-state index contributed by atoms with van der Waals surface area (Å²) in [5.74, 6) is 1.54. The van der Waals surface area contributed by atoms with Gasteiger partial charge in [-0.25, -0.2) is 4.98 Å². The van der Waals surface area contributed by atoms with Gasteiger partial charge in [0.15, 0.2) is 0 Å². The average Bonchev–Trinajstić information content (AvgIpc) is 3.10. The van der Waals surface area contributed by atoms with Gasteiger partial charge in [-0.15, -0.1) is 0 Å². The van der Waals surface area contributed by atoms with Crippen LogP contribution in [0.3, 0.4) is 0 Å². The van der Waals surface area contributed by atoms with Crippen LogP contribution < -0.4 is 10.2 Å². The minimum Gasteiger partial charge on any atom is -0.352 e. The Labute approximate surface area is 191 Å². The predicted molar refractivity (Wildman–Crippen MR) is 128 cm³/mol.